The maximum Gasteiger partial charge on any atom is 0.135 e. The van der Waals surface area contributed by atoms with Crippen LogP contribution in [0.3, 0.4) is 0 Å². The summed E-state index contributed by atoms with van der Waals surface area (Å²) >= 11 is 0. The molecule has 0 amide bonds. The molecule has 0 saturated heterocycles. The van der Waals surface area contributed by atoms with E-state index in [1.54, 1.807) is 0 Å². The molecule has 12 rings (SSSR count). The van der Waals surface area contributed by atoms with Gasteiger partial charge in [-0.25, -0.2) is 0 Å². The lowest BCUT2D eigenvalue weighted by Gasteiger charge is -2.29. The number of hydrogen-bond donors (Lipinski definition) is 0. The lowest BCUT2D eigenvalue weighted by atomic mass is 9.88. The third kappa shape index (κ3) is 6.61. The number of benzene rings is 11. The molecule has 300 valence electrons. The van der Waals surface area contributed by atoms with Crippen molar-refractivity contribution in [1.29, 1.82) is 0 Å². The summed E-state index contributed by atoms with van der Waals surface area (Å²) < 4.78 is 6.17. The molecule has 1 heterocycles. The summed E-state index contributed by atoms with van der Waals surface area (Å²) in [7, 11) is 0. The normalized spacial score (nSPS) is 11.4. The van der Waals surface area contributed by atoms with E-state index in [0.717, 1.165) is 55.7 Å². The van der Waals surface area contributed by atoms with E-state index in [0.29, 0.717) is 0 Å². The zero-order valence-corrected chi connectivity index (χ0v) is 35.0. The molecule has 0 aliphatic rings. The summed E-state index contributed by atoms with van der Waals surface area (Å²) in [6.07, 6.45) is 0. The van der Waals surface area contributed by atoms with Crippen molar-refractivity contribution in [3.63, 3.8) is 0 Å². The Balaban J connectivity index is 0.983. The minimum absolute atomic E-state index is 0.900. The summed E-state index contributed by atoms with van der Waals surface area (Å²) in [5, 5.41) is 7.31. The van der Waals surface area contributed by atoms with Crippen LogP contribution in [0.25, 0.3) is 99.1 Å². The van der Waals surface area contributed by atoms with Crippen molar-refractivity contribution in [1.82, 2.24) is 0 Å². The fourth-order valence-electron chi connectivity index (χ4n) is 9.57. The third-order valence-corrected chi connectivity index (χ3v) is 12.7. The highest BCUT2D eigenvalue weighted by Crippen LogP contribution is 2.46. The van der Waals surface area contributed by atoms with Crippen molar-refractivity contribution < 1.29 is 4.42 Å². The van der Waals surface area contributed by atoms with E-state index in [4.69, 9.17) is 4.42 Å². The molecule has 0 bridgehead atoms. The van der Waals surface area contributed by atoms with Crippen LogP contribution in [0.15, 0.2) is 253 Å². The van der Waals surface area contributed by atoms with Crippen molar-refractivity contribution in [3.05, 3.63) is 249 Å². The zero-order chi connectivity index (χ0) is 42.4. The molecule has 0 fully saturated rings. The number of fused-ring (bicyclic) bond motifs is 6. The highest BCUT2D eigenvalue weighted by atomic mass is 16.3. The molecule has 0 N–H and O–H groups in total. The largest absolute Gasteiger partial charge is 0.456 e. The van der Waals surface area contributed by atoms with Crippen LogP contribution >= 0.6 is 0 Å². The molecule has 2 heteroatoms. The van der Waals surface area contributed by atoms with Crippen molar-refractivity contribution in [2.45, 2.75) is 0 Å². The van der Waals surface area contributed by atoms with Crippen LogP contribution in [0.2, 0.25) is 0 Å². The summed E-state index contributed by atoms with van der Waals surface area (Å²) in [5.74, 6) is 0. The highest BCUT2D eigenvalue weighted by molar-refractivity contribution is 6.09. The van der Waals surface area contributed by atoms with E-state index in [2.05, 4.69) is 241 Å². The molecule has 1 aromatic heterocycles. The van der Waals surface area contributed by atoms with Crippen molar-refractivity contribution in [3.8, 4) is 55.6 Å². The standard InChI is InChI=1S/C62H41NO/c1-2-14-44(15-3-1)52-18-6-7-19-54(52)55-20-8-9-21-56(55)57-22-10-12-24-60(57)63(50-36-30-43(31-37-50)47-33-39-62-59(41-47)58-23-11-13-25-61(58)64-62)49-34-28-42(29-35-49)46-32-38-53-48(40-46)27-26-45-16-4-5-17-51(45)53/h1-41H. The fourth-order valence-corrected chi connectivity index (χ4v) is 9.57. The van der Waals surface area contributed by atoms with E-state index in [9.17, 15) is 0 Å². The van der Waals surface area contributed by atoms with Crippen LogP contribution in [0.1, 0.15) is 0 Å². The lowest BCUT2D eigenvalue weighted by Crippen LogP contribution is -2.11. The first kappa shape index (κ1) is 37.3. The summed E-state index contributed by atoms with van der Waals surface area (Å²) in [6, 6.07) is 89.8. The van der Waals surface area contributed by atoms with Gasteiger partial charge in [0.2, 0.25) is 0 Å². The minimum atomic E-state index is 0.900. The van der Waals surface area contributed by atoms with Crippen LogP contribution in [0, 0.1) is 0 Å². The predicted octanol–water partition coefficient (Wildman–Crippen LogP) is 17.7. The van der Waals surface area contributed by atoms with Gasteiger partial charge < -0.3 is 9.32 Å². The van der Waals surface area contributed by atoms with Gasteiger partial charge in [-0.3, -0.25) is 0 Å². The Labute approximate surface area is 372 Å². The number of anilines is 3. The van der Waals surface area contributed by atoms with Crippen LogP contribution < -0.4 is 4.90 Å². The summed E-state index contributed by atoms with van der Waals surface area (Å²) in [4.78, 5) is 2.40. The lowest BCUT2D eigenvalue weighted by molar-refractivity contribution is 0.669. The molecule has 0 aliphatic heterocycles. The van der Waals surface area contributed by atoms with E-state index >= 15 is 0 Å². The number of para-hydroxylation sites is 2. The second-order valence-electron chi connectivity index (χ2n) is 16.4. The van der Waals surface area contributed by atoms with E-state index in [1.807, 2.05) is 12.1 Å². The second-order valence-corrected chi connectivity index (χ2v) is 16.4. The number of furan rings is 1. The van der Waals surface area contributed by atoms with Crippen molar-refractivity contribution >= 4 is 60.5 Å². The van der Waals surface area contributed by atoms with Crippen LogP contribution in [0.5, 0.6) is 0 Å². The molecule has 12 aromatic rings. The third-order valence-electron chi connectivity index (χ3n) is 12.7. The second kappa shape index (κ2) is 15.8. The first-order valence-electron chi connectivity index (χ1n) is 21.9. The Morgan fingerprint density at radius 1 is 0.250 bits per heavy atom. The number of nitrogens with zero attached hydrogens (tertiary/aromatic N) is 1. The molecule has 64 heavy (non-hydrogen) atoms. The fraction of sp³-hybridized carbons (Fsp3) is 0. The molecule has 0 unspecified atom stereocenters. The van der Waals surface area contributed by atoms with Gasteiger partial charge in [-0.05, 0) is 126 Å². The zero-order valence-electron chi connectivity index (χ0n) is 35.0. The van der Waals surface area contributed by atoms with Gasteiger partial charge in [0, 0.05) is 27.7 Å². The first-order chi connectivity index (χ1) is 31.7. The van der Waals surface area contributed by atoms with Gasteiger partial charge in [-0.2, -0.15) is 0 Å². The highest BCUT2D eigenvalue weighted by Gasteiger charge is 2.21. The Morgan fingerprint density at radius 2 is 0.734 bits per heavy atom. The van der Waals surface area contributed by atoms with Gasteiger partial charge in [0.05, 0.1) is 5.69 Å². The maximum absolute atomic E-state index is 6.17. The summed E-state index contributed by atoms with van der Waals surface area (Å²) in [5.41, 5.74) is 16.8. The molecular weight excluding hydrogens is 775 g/mol. The molecule has 0 saturated carbocycles. The number of rotatable bonds is 8. The van der Waals surface area contributed by atoms with Gasteiger partial charge in [-0.1, -0.05) is 194 Å². The Bertz CT molecular complexity index is 3660. The van der Waals surface area contributed by atoms with Crippen LogP contribution in [-0.2, 0) is 0 Å². The van der Waals surface area contributed by atoms with Crippen molar-refractivity contribution in [2.24, 2.45) is 0 Å². The Hall–Kier alpha value is -8.46. The molecule has 11 aromatic carbocycles. The van der Waals surface area contributed by atoms with E-state index in [1.165, 1.54) is 60.5 Å². The number of hydrogen-bond acceptors (Lipinski definition) is 2. The van der Waals surface area contributed by atoms with E-state index < -0.39 is 0 Å². The van der Waals surface area contributed by atoms with Gasteiger partial charge in [0.15, 0.2) is 0 Å². The Morgan fingerprint density at radius 3 is 1.47 bits per heavy atom. The quantitative estimate of drug-likeness (QED) is 0.142. The summed E-state index contributed by atoms with van der Waals surface area (Å²) in [6.45, 7) is 0. The minimum Gasteiger partial charge on any atom is -0.456 e. The Kier molecular flexibility index (Phi) is 9.20. The van der Waals surface area contributed by atoms with Crippen molar-refractivity contribution in [2.75, 3.05) is 4.90 Å². The topological polar surface area (TPSA) is 16.4 Å². The first-order valence-corrected chi connectivity index (χ1v) is 21.9. The van der Waals surface area contributed by atoms with Gasteiger partial charge in [0.1, 0.15) is 11.2 Å². The predicted molar refractivity (Wildman–Crippen MR) is 271 cm³/mol. The molecule has 0 aliphatic carbocycles. The van der Waals surface area contributed by atoms with Gasteiger partial charge in [-0.15, -0.1) is 0 Å². The molecular formula is C62H41NO. The smallest absolute Gasteiger partial charge is 0.135 e. The molecule has 0 radical (unpaired) electrons. The van der Waals surface area contributed by atoms with Gasteiger partial charge >= 0.3 is 0 Å². The molecule has 2 nitrogen and oxygen atoms in total. The van der Waals surface area contributed by atoms with E-state index in [-0.39, 0.29) is 0 Å². The average Bonchev–Trinajstić information content (AvgIpc) is 3.75. The van der Waals surface area contributed by atoms with Gasteiger partial charge in [0.25, 0.3) is 0 Å². The average molecular weight is 816 g/mol. The SMILES string of the molecule is c1ccc(-c2ccccc2-c2ccccc2-c2ccccc2N(c2ccc(-c3ccc4c(ccc5ccccc54)c3)cc2)c2ccc(-c3ccc4oc5ccccc5c4c3)cc2)cc1. The molecule has 0 spiro atoms. The molecule has 0 atom stereocenters. The van der Waals surface area contributed by atoms with Crippen LogP contribution in [0.4, 0.5) is 17.1 Å². The van der Waals surface area contributed by atoms with Crippen LogP contribution in [-0.4, -0.2) is 0 Å². The monoisotopic (exact) mass is 815 g/mol. The maximum atomic E-state index is 6.17.